The Morgan fingerprint density at radius 3 is 2.44 bits per heavy atom. The van der Waals surface area contributed by atoms with Gasteiger partial charge in [0.1, 0.15) is 5.82 Å². The van der Waals surface area contributed by atoms with E-state index in [2.05, 4.69) is 15.9 Å². The molecule has 1 unspecified atom stereocenters. The van der Waals surface area contributed by atoms with Crippen LogP contribution in [0.25, 0.3) is 0 Å². The number of hydrogen-bond donors (Lipinski definition) is 1. The fraction of sp³-hybridized carbons (Fsp3) is 0.200. The zero-order chi connectivity index (χ0) is 13.3. The van der Waals surface area contributed by atoms with Gasteiger partial charge in [-0.1, -0.05) is 40.2 Å². The van der Waals surface area contributed by atoms with Crippen LogP contribution in [0.2, 0.25) is 0 Å². The highest BCUT2D eigenvalue weighted by atomic mass is 79.9. The maximum Gasteiger partial charge on any atom is 0.126 e. The Morgan fingerprint density at radius 2 is 1.83 bits per heavy atom. The van der Waals surface area contributed by atoms with Crippen molar-refractivity contribution >= 4 is 15.9 Å². The molecule has 0 aliphatic carbocycles. The largest absolute Gasteiger partial charge is 0.320 e. The second kappa shape index (κ2) is 5.21. The van der Waals surface area contributed by atoms with Crippen LogP contribution >= 0.6 is 15.9 Å². The van der Waals surface area contributed by atoms with Crippen LogP contribution in [0.15, 0.2) is 40.9 Å². The van der Waals surface area contributed by atoms with Crippen LogP contribution in [-0.2, 0) is 0 Å². The molecule has 1 nitrogen and oxygen atoms in total. The van der Waals surface area contributed by atoms with Gasteiger partial charge in [0.25, 0.3) is 0 Å². The molecule has 0 aliphatic rings. The lowest BCUT2D eigenvalue weighted by molar-refractivity contribution is 0.617. The van der Waals surface area contributed by atoms with Crippen LogP contribution < -0.4 is 5.73 Å². The number of rotatable bonds is 2. The van der Waals surface area contributed by atoms with Crippen LogP contribution in [0.5, 0.6) is 0 Å². The van der Waals surface area contributed by atoms with Gasteiger partial charge in [0.2, 0.25) is 0 Å². The Balaban J connectivity index is 2.41. The van der Waals surface area contributed by atoms with Gasteiger partial charge in [-0.2, -0.15) is 0 Å². The van der Waals surface area contributed by atoms with E-state index in [0.29, 0.717) is 5.56 Å². The Kier molecular flexibility index (Phi) is 3.83. The fourth-order valence-electron chi connectivity index (χ4n) is 1.93. The molecule has 2 aromatic carbocycles. The zero-order valence-electron chi connectivity index (χ0n) is 10.4. The van der Waals surface area contributed by atoms with Crippen LogP contribution in [0.3, 0.4) is 0 Å². The van der Waals surface area contributed by atoms with Crippen molar-refractivity contribution in [2.75, 3.05) is 0 Å². The van der Waals surface area contributed by atoms with Crippen molar-refractivity contribution < 1.29 is 4.39 Å². The van der Waals surface area contributed by atoms with Gasteiger partial charge >= 0.3 is 0 Å². The van der Waals surface area contributed by atoms with Crippen LogP contribution in [-0.4, -0.2) is 0 Å². The molecule has 0 aliphatic heterocycles. The Morgan fingerprint density at radius 1 is 1.11 bits per heavy atom. The summed E-state index contributed by atoms with van der Waals surface area (Å²) in [5.74, 6) is -0.200. The number of hydrogen-bond acceptors (Lipinski definition) is 1. The minimum Gasteiger partial charge on any atom is -0.320 e. The van der Waals surface area contributed by atoms with Crippen molar-refractivity contribution in [3.63, 3.8) is 0 Å². The third-order valence-corrected chi connectivity index (χ3v) is 3.72. The summed E-state index contributed by atoms with van der Waals surface area (Å²) < 4.78 is 14.2. The van der Waals surface area contributed by atoms with E-state index in [1.807, 2.05) is 25.1 Å². The molecule has 2 N–H and O–H groups in total. The molecule has 3 heteroatoms. The summed E-state index contributed by atoms with van der Waals surface area (Å²) >= 11 is 3.52. The highest BCUT2D eigenvalue weighted by Gasteiger charge is 2.13. The molecule has 0 saturated heterocycles. The SMILES string of the molecule is Cc1ccc(C(N)c2ccc(F)c(C)c2)c(Br)c1. The fourth-order valence-corrected chi connectivity index (χ4v) is 2.67. The lowest BCUT2D eigenvalue weighted by Gasteiger charge is -2.15. The van der Waals surface area contributed by atoms with Crippen LogP contribution in [0, 0.1) is 19.7 Å². The van der Waals surface area contributed by atoms with E-state index in [-0.39, 0.29) is 11.9 Å². The minimum absolute atomic E-state index is 0.200. The van der Waals surface area contributed by atoms with Gasteiger partial charge < -0.3 is 5.73 Å². The van der Waals surface area contributed by atoms with Crippen molar-refractivity contribution in [3.8, 4) is 0 Å². The van der Waals surface area contributed by atoms with E-state index in [4.69, 9.17) is 5.73 Å². The molecule has 18 heavy (non-hydrogen) atoms. The quantitative estimate of drug-likeness (QED) is 0.881. The number of aryl methyl sites for hydroxylation is 2. The lowest BCUT2D eigenvalue weighted by Crippen LogP contribution is -2.13. The summed E-state index contributed by atoms with van der Waals surface area (Å²) in [5.41, 5.74) is 9.95. The smallest absolute Gasteiger partial charge is 0.126 e. The van der Waals surface area contributed by atoms with E-state index in [1.165, 1.54) is 11.6 Å². The Bertz CT molecular complexity index is 581. The average Bonchev–Trinajstić information content (AvgIpc) is 2.32. The molecule has 2 aromatic rings. The van der Waals surface area contributed by atoms with Gasteiger partial charge in [-0.3, -0.25) is 0 Å². The number of benzene rings is 2. The van der Waals surface area contributed by atoms with E-state index in [0.717, 1.165) is 15.6 Å². The first-order valence-electron chi connectivity index (χ1n) is 5.76. The highest BCUT2D eigenvalue weighted by molar-refractivity contribution is 9.10. The summed E-state index contributed by atoms with van der Waals surface area (Å²) in [6, 6.07) is 10.8. The van der Waals surface area contributed by atoms with Crippen molar-refractivity contribution in [3.05, 3.63) is 68.9 Å². The molecular weight excluding hydrogens is 293 g/mol. The first-order valence-corrected chi connectivity index (χ1v) is 6.56. The van der Waals surface area contributed by atoms with Crippen molar-refractivity contribution in [1.82, 2.24) is 0 Å². The molecule has 2 rings (SSSR count). The molecule has 0 fully saturated rings. The monoisotopic (exact) mass is 307 g/mol. The number of halogens is 2. The molecule has 1 atom stereocenters. The van der Waals surface area contributed by atoms with Crippen molar-refractivity contribution in [1.29, 1.82) is 0 Å². The zero-order valence-corrected chi connectivity index (χ0v) is 12.0. The van der Waals surface area contributed by atoms with Gasteiger partial charge in [-0.15, -0.1) is 0 Å². The number of nitrogens with two attached hydrogens (primary N) is 1. The predicted octanol–water partition coefficient (Wildman–Crippen LogP) is 4.25. The second-order valence-electron chi connectivity index (χ2n) is 4.51. The third kappa shape index (κ3) is 2.62. The first-order chi connectivity index (χ1) is 8.49. The van der Waals surface area contributed by atoms with E-state index in [9.17, 15) is 4.39 Å². The molecule has 0 bridgehead atoms. The summed E-state index contributed by atoms with van der Waals surface area (Å²) in [7, 11) is 0. The molecule has 0 amide bonds. The molecule has 0 spiro atoms. The van der Waals surface area contributed by atoms with Crippen LogP contribution in [0.1, 0.15) is 28.3 Å². The lowest BCUT2D eigenvalue weighted by atomic mass is 9.97. The summed E-state index contributed by atoms with van der Waals surface area (Å²) in [6.45, 7) is 3.78. The Hall–Kier alpha value is -1.19. The first kappa shape index (κ1) is 13.2. The molecule has 0 radical (unpaired) electrons. The third-order valence-electron chi connectivity index (χ3n) is 3.03. The van der Waals surface area contributed by atoms with Gasteiger partial charge in [0.15, 0.2) is 0 Å². The van der Waals surface area contributed by atoms with Gasteiger partial charge in [0.05, 0.1) is 6.04 Å². The second-order valence-corrected chi connectivity index (χ2v) is 5.37. The molecule has 0 saturated carbocycles. The summed E-state index contributed by atoms with van der Waals surface area (Å²) in [5, 5.41) is 0. The molecular formula is C15H15BrFN. The van der Waals surface area contributed by atoms with E-state index < -0.39 is 0 Å². The van der Waals surface area contributed by atoms with Gasteiger partial charge in [0, 0.05) is 4.47 Å². The maximum absolute atomic E-state index is 13.2. The molecule has 94 valence electrons. The normalized spacial score (nSPS) is 12.5. The van der Waals surface area contributed by atoms with Crippen molar-refractivity contribution in [2.45, 2.75) is 19.9 Å². The van der Waals surface area contributed by atoms with E-state index in [1.54, 1.807) is 19.1 Å². The topological polar surface area (TPSA) is 26.0 Å². The maximum atomic E-state index is 13.2. The summed E-state index contributed by atoms with van der Waals surface area (Å²) in [4.78, 5) is 0. The predicted molar refractivity (Wildman–Crippen MR) is 76.0 cm³/mol. The molecule has 0 heterocycles. The average molecular weight is 308 g/mol. The van der Waals surface area contributed by atoms with Crippen molar-refractivity contribution in [2.24, 2.45) is 5.73 Å². The minimum atomic E-state index is -0.251. The summed E-state index contributed by atoms with van der Waals surface area (Å²) in [6.07, 6.45) is 0. The molecule has 0 aromatic heterocycles. The highest BCUT2D eigenvalue weighted by Crippen LogP contribution is 2.28. The standard InChI is InChI=1S/C15H15BrFN/c1-9-3-5-12(13(16)7-9)15(18)11-4-6-14(17)10(2)8-11/h3-8,15H,18H2,1-2H3. The van der Waals surface area contributed by atoms with Crippen LogP contribution in [0.4, 0.5) is 4.39 Å². The van der Waals surface area contributed by atoms with Gasteiger partial charge in [-0.25, -0.2) is 4.39 Å². The van der Waals surface area contributed by atoms with Gasteiger partial charge in [-0.05, 0) is 48.2 Å². The Labute approximate surface area is 115 Å². The van der Waals surface area contributed by atoms with E-state index >= 15 is 0 Å².